The van der Waals surface area contributed by atoms with Gasteiger partial charge < -0.3 is 10.6 Å². The number of hydrogen-bond acceptors (Lipinski definition) is 4. The first-order valence-electron chi connectivity index (χ1n) is 5.48. The van der Waals surface area contributed by atoms with Gasteiger partial charge in [0.05, 0.1) is 11.5 Å². The van der Waals surface area contributed by atoms with Crippen LogP contribution in [0.15, 0.2) is 0 Å². The van der Waals surface area contributed by atoms with Crippen molar-refractivity contribution in [3.05, 3.63) is 0 Å². The van der Waals surface area contributed by atoms with Crippen LogP contribution >= 0.6 is 0 Å². The molecule has 0 bridgehead atoms. The van der Waals surface area contributed by atoms with Crippen LogP contribution in [0.4, 0.5) is 0 Å². The summed E-state index contributed by atoms with van der Waals surface area (Å²) in [4.78, 5) is 2.14. The van der Waals surface area contributed by atoms with Gasteiger partial charge in [-0.3, -0.25) is 0 Å². The van der Waals surface area contributed by atoms with E-state index in [-0.39, 0.29) is 12.1 Å². The van der Waals surface area contributed by atoms with E-state index in [9.17, 15) is 8.42 Å². The Morgan fingerprint density at radius 2 is 2.07 bits per heavy atom. The van der Waals surface area contributed by atoms with Crippen LogP contribution < -0.4 is 5.73 Å². The van der Waals surface area contributed by atoms with Gasteiger partial charge in [0, 0.05) is 18.6 Å². The quantitative estimate of drug-likeness (QED) is 0.749. The lowest BCUT2D eigenvalue weighted by Crippen LogP contribution is -2.40. The Balaban J connectivity index is 2.45. The maximum atomic E-state index is 11.3. The minimum atomic E-state index is -2.77. The van der Waals surface area contributed by atoms with Gasteiger partial charge in [0.1, 0.15) is 0 Å². The molecular weight excluding hydrogens is 212 g/mol. The number of nitrogens with zero attached hydrogens (tertiary/aromatic N) is 1. The Bertz CT molecular complexity index is 301. The van der Waals surface area contributed by atoms with Crippen LogP contribution in [0.25, 0.3) is 0 Å². The molecule has 1 heterocycles. The summed E-state index contributed by atoms with van der Waals surface area (Å²) in [7, 11) is -0.779. The number of nitrogens with two attached hydrogens (primary N) is 1. The molecule has 3 atom stereocenters. The fourth-order valence-electron chi connectivity index (χ4n) is 1.89. The highest BCUT2D eigenvalue weighted by molar-refractivity contribution is 7.91. The highest BCUT2D eigenvalue weighted by Gasteiger charge is 2.31. The number of sulfone groups is 1. The minimum Gasteiger partial charge on any atom is -0.328 e. The van der Waals surface area contributed by atoms with Crippen molar-refractivity contribution in [1.82, 2.24) is 4.90 Å². The van der Waals surface area contributed by atoms with E-state index in [1.165, 1.54) is 0 Å². The molecule has 15 heavy (non-hydrogen) atoms. The maximum absolute atomic E-state index is 11.3. The Hall–Kier alpha value is -0.130. The fourth-order valence-corrected chi connectivity index (χ4v) is 3.70. The third-order valence-corrected chi connectivity index (χ3v) is 5.06. The zero-order valence-electron chi connectivity index (χ0n) is 9.81. The lowest BCUT2D eigenvalue weighted by Gasteiger charge is -2.27. The molecule has 0 radical (unpaired) electrons. The van der Waals surface area contributed by atoms with Crippen LogP contribution in [-0.2, 0) is 9.84 Å². The first kappa shape index (κ1) is 12.9. The Morgan fingerprint density at radius 1 is 1.47 bits per heavy atom. The van der Waals surface area contributed by atoms with Crippen LogP contribution in [0.3, 0.4) is 0 Å². The van der Waals surface area contributed by atoms with Crippen LogP contribution in [0.2, 0.25) is 0 Å². The van der Waals surface area contributed by atoms with Gasteiger partial charge in [-0.1, -0.05) is 6.92 Å². The molecule has 90 valence electrons. The molecule has 0 aromatic carbocycles. The molecule has 0 aliphatic carbocycles. The summed E-state index contributed by atoms with van der Waals surface area (Å²) in [6.45, 7) is 4.96. The van der Waals surface area contributed by atoms with Gasteiger partial charge in [0.2, 0.25) is 0 Å². The second-order valence-electron chi connectivity index (χ2n) is 4.83. The van der Waals surface area contributed by atoms with E-state index in [1.54, 1.807) is 0 Å². The van der Waals surface area contributed by atoms with Gasteiger partial charge in [0.15, 0.2) is 9.84 Å². The van der Waals surface area contributed by atoms with Gasteiger partial charge in [-0.25, -0.2) is 8.42 Å². The first-order chi connectivity index (χ1) is 6.82. The third kappa shape index (κ3) is 3.74. The van der Waals surface area contributed by atoms with Crippen LogP contribution in [0.5, 0.6) is 0 Å². The van der Waals surface area contributed by atoms with Crippen LogP contribution in [0, 0.1) is 5.92 Å². The third-order valence-electron chi connectivity index (χ3n) is 3.31. The second-order valence-corrected chi connectivity index (χ2v) is 7.06. The highest BCUT2D eigenvalue weighted by Crippen LogP contribution is 2.17. The van der Waals surface area contributed by atoms with E-state index in [0.717, 1.165) is 13.0 Å². The molecule has 1 fully saturated rings. The van der Waals surface area contributed by atoms with Gasteiger partial charge in [-0.05, 0) is 26.3 Å². The van der Waals surface area contributed by atoms with Crippen molar-refractivity contribution in [2.24, 2.45) is 11.7 Å². The minimum absolute atomic E-state index is 0.158. The van der Waals surface area contributed by atoms with Gasteiger partial charge in [-0.15, -0.1) is 0 Å². The van der Waals surface area contributed by atoms with E-state index < -0.39 is 9.84 Å². The number of hydrogen-bond donors (Lipinski definition) is 1. The molecule has 4 nitrogen and oxygen atoms in total. The summed E-state index contributed by atoms with van der Waals surface area (Å²) < 4.78 is 22.6. The summed E-state index contributed by atoms with van der Waals surface area (Å²) in [5, 5.41) is 0. The Morgan fingerprint density at radius 3 is 2.47 bits per heavy atom. The molecule has 1 aliphatic heterocycles. The van der Waals surface area contributed by atoms with Crippen molar-refractivity contribution >= 4 is 9.84 Å². The molecule has 3 unspecified atom stereocenters. The van der Waals surface area contributed by atoms with Crippen molar-refractivity contribution < 1.29 is 8.42 Å². The largest absolute Gasteiger partial charge is 0.328 e. The molecule has 1 rings (SSSR count). The highest BCUT2D eigenvalue weighted by atomic mass is 32.2. The zero-order chi connectivity index (χ0) is 11.6. The predicted molar refractivity (Wildman–Crippen MR) is 62.5 cm³/mol. The lowest BCUT2D eigenvalue weighted by atomic mass is 10.0. The number of rotatable bonds is 4. The fraction of sp³-hybridized carbons (Fsp3) is 1.00. The van der Waals surface area contributed by atoms with E-state index in [2.05, 4.69) is 11.8 Å². The van der Waals surface area contributed by atoms with Gasteiger partial charge >= 0.3 is 0 Å². The average Bonchev–Trinajstić information content (AvgIpc) is 2.45. The summed E-state index contributed by atoms with van der Waals surface area (Å²) in [6, 6.07) is 0.349. The van der Waals surface area contributed by atoms with Crippen molar-refractivity contribution in [3.8, 4) is 0 Å². The molecule has 0 amide bonds. The molecule has 0 aromatic heterocycles. The molecule has 5 heteroatoms. The Labute approximate surface area is 92.7 Å². The first-order valence-corrected chi connectivity index (χ1v) is 7.30. The SMILES string of the molecule is CC(N)C(C)CN(C)C1CCS(=O)(=O)C1. The van der Waals surface area contributed by atoms with Crippen LogP contribution in [0.1, 0.15) is 20.3 Å². The summed E-state index contributed by atoms with van der Waals surface area (Å²) in [6.07, 6.45) is 0.768. The normalized spacial score (nSPS) is 29.3. The Kier molecular flexibility index (Phi) is 4.14. The molecule has 2 N–H and O–H groups in total. The topological polar surface area (TPSA) is 63.4 Å². The standard InChI is InChI=1S/C10H22N2O2S/c1-8(9(2)11)6-12(3)10-4-5-15(13,14)7-10/h8-10H,4-7,11H2,1-3H3. The van der Waals surface area contributed by atoms with Crippen molar-refractivity contribution in [3.63, 3.8) is 0 Å². The van der Waals surface area contributed by atoms with E-state index in [4.69, 9.17) is 5.73 Å². The van der Waals surface area contributed by atoms with E-state index in [1.807, 2.05) is 14.0 Å². The van der Waals surface area contributed by atoms with Gasteiger partial charge in [-0.2, -0.15) is 0 Å². The predicted octanol–water partition coefficient (Wildman–Crippen LogP) is 0.0886. The van der Waals surface area contributed by atoms with Crippen molar-refractivity contribution in [2.75, 3.05) is 25.1 Å². The van der Waals surface area contributed by atoms with Crippen LogP contribution in [-0.4, -0.2) is 50.5 Å². The van der Waals surface area contributed by atoms with E-state index in [0.29, 0.717) is 17.4 Å². The molecule has 1 aliphatic rings. The molecule has 0 aromatic rings. The van der Waals surface area contributed by atoms with E-state index >= 15 is 0 Å². The summed E-state index contributed by atoms with van der Waals surface area (Å²) in [5.41, 5.74) is 5.79. The lowest BCUT2D eigenvalue weighted by molar-refractivity contribution is 0.216. The van der Waals surface area contributed by atoms with Gasteiger partial charge in [0.25, 0.3) is 0 Å². The smallest absolute Gasteiger partial charge is 0.151 e. The molecule has 1 saturated heterocycles. The molecule has 0 saturated carbocycles. The summed E-state index contributed by atoms with van der Waals surface area (Å²) in [5.74, 6) is 1.06. The molecular formula is C10H22N2O2S. The average molecular weight is 234 g/mol. The monoisotopic (exact) mass is 234 g/mol. The maximum Gasteiger partial charge on any atom is 0.151 e. The molecule has 0 spiro atoms. The zero-order valence-corrected chi connectivity index (χ0v) is 10.6. The second kappa shape index (κ2) is 4.80. The summed E-state index contributed by atoms with van der Waals surface area (Å²) >= 11 is 0. The van der Waals surface area contributed by atoms with Crippen molar-refractivity contribution in [1.29, 1.82) is 0 Å². The van der Waals surface area contributed by atoms with Crippen molar-refractivity contribution in [2.45, 2.75) is 32.4 Å².